The topological polar surface area (TPSA) is 106 Å². The van der Waals surface area contributed by atoms with Crippen LogP contribution in [0.1, 0.15) is 59.2 Å². The molecular weight excluding hydrogens is 695 g/mol. The van der Waals surface area contributed by atoms with Gasteiger partial charge in [-0.05, 0) is 54.5 Å². The maximum atomic E-state index is 13.9. The largest absolute Gasteiger partial charge is 0.493 e. The lowest BCUT2D eigenvalue weighted by Crippen LogP contribution is -2.33. The van der Waals surface area contributed by atoms with Gasteiger partial charge in [0.05, 0.1) is 43.2 Å². The Morgan fingerprint density at radius 3 is 2.53 bits per heavy atom. The summed E-state index contributed by atoms with van der Waals surface area (Å²) in [6.07, 6.45) is 6.49. The zero-order chi connectivity index (χ0) is 37.8. The fourth-order valence-corrected chi connectivity index (χ4v) is 7.98. The van der Waals surface area contributed by atoms with Crippen molar-refractivity contribution in [2.75, 3.05) is 33.0 Å². The van der Waals surface area contributed by atoms with E-state index in [1.165, 1.54) is 0 Å². The molecule has 10 nitrogen and oxygen atoms in total. The van der Waals surface area contributed by atoms with Gasteiger partial charge in [-0.2, -0.15) is 5.10 Å². The molecule has 55 heavy (non-hydrogen) atoms. The van der Waals surface area contributed by atoms with Crippen LogP contribution in [0, 0.1) is 0 Å². The Bertz CT molecular complexity index is 2330. The molecule has 0 atom stereocenters. The third-order valence-electron chi connectivity index (χ3n) is 10.7. The molecule has 0 aliphatic carbocycles. The van der Waals surface area contributed by atoms with Gasteiger partial charge in [-0.3, -0.25) is 4.68 Å². The number of benzene rings is 4. The number of para-hydroxylation sites is 1. The van der Waals surface area contributed by atoms with Crippen molar-refractivity contribution in [3.63, 3.8) is 0 Å². The Kier molecular flexibility index (Phi) is 10.7. The molecule has 6 aromatic rings. The maximum Gasteiger partial charge on any atom is 0.355 e. The Morgan fingerprint density at radius 2 is 1.69 bits per heavy atom. The summed E-state index contributed by atoms with van der Waals surface area (Å²) in [6.45, 7) is 5.10. The number of ether oxygens (including phenoxy) is 5. The second-order valence-corrected chi connectivity index (χ2v) is 14.1. The van der Waals surface area contributed by atoms with Gasteiger partial charge >= 0.3 is 5.97 Å². The van der Waals surface area contributed by atoms with Gasteiger partial charge in [-0.15, -0.1) is 0 Å². The monoisotopic (exact) mass is 741 g/mol. The molecule has 1 saturated heterocycles. The van der Waals surface area contributed by atoms with Crippen LogP contribution in [0.3, 0.4) is 0 Å². The van der Waals surface area contributed by atoms with Gasteiger partial charge in [0.25, 0.3) is 0 Å². The molecule has 4 aromatic carbocycles. The smallest absolute Gasteiger partial charge is 0.355 e. The van der Waals surface area contributed by atoms with E-state index in [0.29, 0.717) is 76.7 Å². The SMILES string of the molecule is CCOC(=O)c1c(CCCOc2cccc3ccccc23)c2cccc3c2n1CC=CCOCc1c-3c(COc2ccc(C3(O)CCOCC3)cc2)nn1C. The summed E-state index contributed by atoms with van der Waals surface area (Å²) in [7, 11) is 1.93. The van der Waals surface area contributed by atoms with Gasteiger partial charge in [0, 0.05) is 61.5 Å². The Hall–Kier alpha value is -5.42. The second-order valence-electron chi connectivity index (χ2n) is 14.1. The molecule has 2 aromatic heterocycles. The zero-order valence-corrected chi connectivity index (χ0v) is 31.5. The highest BCUT2D eigenvalue weighted by Gasteiger charge is 2.32. The van der Waals surface area contributed by atoms with Crippen LogP contribution >= 0.6 is 0 Å². The summed E-state index contributed by atoms with van der Waals surface area (Å²) in [5.74, 6) is 1.18. The molecule has 1 N–H and O–H groups in total. The van der Waals surface area contributed by atoms with Crippen LogP contribution in [0.15, 0.2) is 97.1 Å². The summed E-state index contributed by atoms with van der Waals surface area (Å²) in [4.78, 5) is 13.9. The first kappa shape index (κ1) is 36.6. The van der Waals surface area contributed by atoms with E-state index in [4.69, 9.17) is 28.8 Å². The van der Waals surface area contributed by atoms with Gasteiger partial charge in [0.15, 0.2) is 0 Å². The number of aryl methyl sites for hydroxylation is 2. The Balaban J connectivity index is 1.15. The van der Waals surface area contributed by atoms with Crippen molar-refractivity contribution in [2.45, 2.75) is 58.0 Å². The van der Waals surface area contributed by atoms with Gasteiger partial charge in [0.2, 0.25) is 0 Å². The highest BCUT2D eigenvalue weighted by molar-refractivity contribution is 6.05. The first-order chi connectivity index (χ1) is 26.9. The van der Waals surface area contributed by atoms with E-state index < -0.39 is 5.60 Å². The number of allylic oxidation sites excluding steroid dienone is 1. The first-order valence-electron chi connectivity index (χ1n) is 19.2. The maximum absolute atomic E-state index is 13.9. The minimum Gasteiger partial charge on any atom is -0.493 e. The van der Waals surface area contributed by atoms with E-state index in [9.17, 15) is 9.90 Å². The summed E-state index contributed by atoms with van der Waals surface area (Å²) < 4.78 is 34.0. The van der Waals surface area contributed by atoms with Crippen molar-refractivity contribution in [1.29, 1.82) is 0 Å². The molecule has 2 aliphatic heterocycles. The number of esters is 1. The minimum absolute atomic E-state index is 0.207. The molecule has 284 valence electrons. The van der Waals surface area contributed by atoms with E-state index in [2.05, 4.69) is 34.9 Å². The number of carbonyl (C=O) groups is 1. The molecule has 0 radical (unpaired) electrons. The number of rotatable bonds is 11. The van der Waals surface area contributed by atoms with Crippen LogP contribution in [0.5, 0.6) is 11.5 Å². The van der Waals surface area contributed by atoms with Crippen LogP contribution < -0.4 is 9.47 Å². The summed E-state index contributed by atoms with van der Waals surface area (Å²) >= 11 is 0. The number of hydrogen-bond acceptors (Lipinski definition) is 8. The molecular formula is C45H47N3O7. The van der Waals surface area contributed by atoms with Crippen molar-refractivity contribution < 1.29 is 33.6 Å². The van der Waals surface area contributed by atoms with Crippen LogP contribution in [-0.4, -0.2) is 58.5 Å². The normalized spacial score (nSPS) is 15.4. The molecule has 0 amide bonds. The van der Waals surface area contributed by atoms with Crippen LogP contribution in [0.25, 0.3) is 32.8 Å². The zero-order valence-electron chi connectivity index (χ0n) is 31.5. The molecule has 1 fully saturated rings. The van der Waals surface area contributed by atoms with E-state index in [-0.39, 0.29) is 19.2 Å². The van der Waals surface area contributed by atoms with Crippen LogP contribution in [0.2, 0.25) is 0 Å². The summed E-state index contributed by atoms with van der Waals surface area (Å²) in [5, 5.41) is 19.3. The number of aromatic nitrogens is 3. The van der Waals surface area contributed by atoms with E-state index in [0.717, 1.165) is 61.1 Å². The van der Waals surface area contributed by atoms with E-state index in [1.54, 1.807) is 0 Å². The molecule has 0 spiro atoms. The van der Waals surface area contributed by atoms with Gasteiger partial charge < -0.3 is 33.4 Å². The van der Waals surface area contributed by atoms with Crippen LogP contribution in [0.4, 0.5) is 0 Å². The molecule has 0 saturated carbocycles. The molecule has 4 heterocycles. The third-order valence-corrected chi connectivity index (χ3v) is 10.7. The third kappa shape index (κ3) is 7.37. The van der Waals surface area contributed by atoms with Crippen molar-refractivity contribution in [3.05, 3.63) is 125 Å². The Morgan fingerprint density at radius 1 is 0.909 bits per heavy atom. The molecule has 8 rings (SSSR count). The first-order valence-corrected chi connectivity index (χ1v) is 19.2. The van der Waals surface area contributed by atoms with Gasteiger partial charge in [0.1, 0.15) is 29.5 Å². The van der Waals surface area contributed by atoms with Crippen molar-refractivity contribution >= 4 is 27.6 Å². The lowest BCUT2D eigenvalue weighted by atomic mass is 9.86. The quantitative estimate of drug-likeness (QED) is 0.0809. The van der Waals surface area contributed by atoms with Crippen molar-refractivity contribution in [3.8, 4) is 22.6 Å². The Labute approximate surface area is 320 Å². The molecule has 2 aliphatic rings. The predicted octanol–water partition coefficient (Wildman–Crippen LogP) is 8.05. The van der Waals surface area contributed by atoms with Crippen LogP contribution in [-0.2, 0) is 53.0 Å². The fourth-order valence-electron chi connectivity index (χ4n) is 7.98. The predicted molar refractivity (Wildman–Crippen MR) is 211 cm³/mol. The second kappa shape index (κ2) is 16.1. The number of carbonyl (C=O) groups excluding carboxylic acids is 1. The van der Waals surface area contributed by atoms with E-state index in [1.807, 2.05) is 85.4 Å². The molecule has 10 heteroatoms. The number of hydrogen-bond donors (Lipinski definition) is 1. The minimum atomic E-state index is -0.892. The van der Waals surface area contributed by atoms with E-state index >= 15 is 0 Å². The highest BCUT2D eigenvalue weighted by Crippen LogP contribution is 2.40. The lowest BCUT2D eigenvalue weighted by Gasteiger charge is -2.32. The number of nitrogens with zero attached hydrogens (tertiary/aromatic N) is 3. The summed E-state index contributed by atoms with van der Waals surface area (Å²) in [5.41, 5.74) is 5.92. The van der Waals surface area contributed by atoms with Gasteiger partial charge in [-0.25, -0.2) is 4.79 Å². The lowest BCUT2D eigenvalue weighted by molar-refractivity contribution is -0.0679. The summed E-state index contributed by atoms with van der Waals surface area (Å²) in [6, 6.07) is 28.2. The number of fused-ring (bicyclic) bond motifs is 3. The van der Waals surface area contributed by atoms with Gasteiger partial charge in [-0.1, -0.05) is 78.9 Å². The molecule has 0 bridgehead atoms. The average Bonchev–Trinajstić information content (AvgIpc) is 3.69. The average molecular weight is 742 g/mol. The number of aliphatic hydroxyl groups is 1. The fraction of sp³-hybridized carbons (Fsp3) is 0.333. The standard InChI is InChI=1S/C45H47N3O7/c1-3-53-44(49)43-36(16-10-26-54-40-17-8-12-31-11-4-5-13-34(31)40)35-14-9-15-37-41-38(46-47(2)39(41)30-52-25-7-6-24-48(43)42(35)37)29-55-33-20-18-32(19-21-33)45(50)22-27-51-28-23-45/h4-9,11-15,17-21,50H,3,10,16,22-30H2,1-2H3. The van der Waals surface area contributed by atoms with Crippen molar-refractivity contribution in [2.24, 2.45) is 7.05 Å². The molecule has 0 unspecified atom stereocenters. The van der Waals surface area contributed by atoms with Crippen molar-refractivity contribution in [1.82, 2.24) is 14.3 Å². The highest BCUT2D eigenvalue weighted by atomic mass is 16.5.